The number of thioether (sulfide) groups is 2. The summed E-state index contributed by atoms with van der Waals surface area (Å²) in [4.78, 5) is 18.4. The lowest BCUT2D eigenvalue weighted by atomic mass is 10.2. The molecule has 29 heavy (non-hydrogen) atoms. The van der Waals surface area contributed by atoms with Crippen molar-refractivity contribution in [2.24, 2.45) is 0 Å². The van der Waals surface area contributed by atoms with Crippen molar-refractivity contribution in [2.75, 3.05) is 48.4 Å². The molecule has 0 bridgehead atoms. The number of hydrogen-bond donors (Lipinski definition) is 0. The minimum Gasteiger partial charge on any atom is -0.378 e. The quantitative estimate of drug-likeness (QED) is 0.671. The van der Waals surface area contributed by atoms with Crippen LogP contribution in [0, 0.1) is 0 Å². The molecule has 2 aromatic rings. The zero-order valence-electron chi connectivity index (χ0n) is 16.9. The van der Waals surface area contributed by atoms with E-state index in [4.69, 9.17) is 4.74 Å². The topological polar surface area (TPSA) is 63.5 Å². The zero-order valence-corrected chi connectivity index (χ0v) is 18.5. The van der Waals surface area contributed by atoms with E-state index >= 15 is 0 Å². The van der Waals surface area contributed by atoms with Crippen LogP contribution in [-0.2, 0) is 16.1 Å². The van der Waals surface area contributed by atoms with Crippen LogP contribution in [0.15, 0.2) is 34.3 Å². The van der Waals surface area contributed by atoms with Gasteiger partial charge in [-0.05, 0) is 25.5 Å². The van der Waals surface area contributed by atoms with Crippen molar-refractivity contribution < 1.29 is 9.53 Å². The smallest absolute Gasteiger partial charge is 0.237 e. The molecular formula is C20H27N5O2S2. The van der Waals surface area contributed by atoms with Crippen LogP contribution < -0.4 is 9.80 Å². The first-order valence-corrected chi connectivity index (χ1v) is 12.0. The maximum atomic E-state index is 13.1. The van der Waals surface area contributed by atoms with E-state index in [-0.39, 0.29) is 5.91 Å². The van der Waals surface area contributed by atoms with Crippen LogP contribution in [0.5, 0.6) is 0 Å². The minimum absolute atomic E-state index is 0.121. The van der Waals surface area contributed by atoms with Gasteiger partial charge in [-0.15, -0.1) is 22.0 Å². The third kappa shape index (κ3) is 4.57. The Labute approximate surface area is 180 Å². The summed E-state index contributed by atoms with van der Waals surface area (Å²) in [5.74, 6) is 1.35. The van der Waals surface area contributed by atoms with Crippen molar-refractivity contribution in [3.63, 3.8) is 0 Å². The standard InChI is InChI=1S/C20H27N5O2S2/c1-3-24-19(23-10-12-27-13-11-23)21-22-20(24)28-14-18(26)25-9-8-15(2)29-17-7-5-4-6-16(17)25/h4-7,15H,3,8-14H2,1-2H3. The van der Waals surface area contributed by atoms with Crippen molar-refractivity contribution >= 4 is 41.1 Å². The molecule has 1 aromatic carbocycles. The molecule has 0 N–H and O–H groups in total. The van der Waals surface area contributed by atoms with Gasteiger partial charge in [0.1, 0.15) is 0 Å². The van der Waals surface area contributed by atoms with Gasteiger partial charge >= 0.3 is 0 Å². The Kier molecular flexibility index (Phi) is 6.67. The molecular weight excluding hydrogens is 406 g/mol. The van der Waals surface area contributed by atoms with Gasteiger partial charge in [0, 0.05) is 36.3 Å². The predicted molar refractivity (Wildman–Crippen MR) is 118 cm³/mol. The van der Waals surface area contributed by atoms with E-state index in [2.05, 4.69) is 39.6 Å². The average Bonchev–Trinajstić information content (AvgIpc) is 3.08. The largest absolute Gasteiger partial charge is 0.378 e. The van der Waals surface area contributed by atoms with Gasteiger partial charge in [-0.3, -0.25) is 9.36 Å². The van der Waals surface area contributed by atoms with Crippen molar-refractivity contribution in [3.8, 4) is 0 Å². The SMILES string of the molecule is CCn1c(SCC(=O)N2CCC(C)Sc3ccccc32)nnc1N1CCOCC1. The number of nitrogens with zero attached hydrogens (tertiary/aromatic N) is 5. The number of carbonyl (C=O) groups excluding carboxylic acids is 1. The van der Waals surface area contributed by atoms with E-state index in [0.29, 0.717) is 24.2 Å². The highest BCUT2D eigenvalue weighted by Crippen LogP contribution is 2.37. The molecule has 156 valence electrons. The Morgan fingerprint density at radius 3 is 2.83 bits per heavy atom. The van der Waals surface area contributed by atoms with Gasteiger partial charge in [0.15, 0.2) is 5.16 Å². The van der Waals surface area contributed by atoms with Crippen LogP contribution in [0.4, 0.5) is 11.6 Å². The Hall–Kier alpha value is -1.71. The number of fused-ring (bicyclic) bond motifs is 1. The Morgan fingerprint density at radius 1 is 1.24 bits per heavy atom. The van der Waals surface area contributed by atoms with E-state index in [0.717, 1.165) is 49.4 Å². The first-order valence-electron chi connectivity index (χ1n) is 10.1. The summed E-state index contributed by atoms with van der Waals surface area (Å²) in [6.07, 6.45) is 0.988. The maximum absolute atomic E-state index is 13.1. The normalized spacial score (nSPS) is 19.7. The number of amides is 1. The highest BCUT2D eigenvalue weighted by atomic mass is 32.2. The molecule has 2 aliphatic heterocycles. The van der Waals surface area contributed by atoms with Crippen LogP contribution in [-0.4, -0.2) is 64.5 Å². The van der Waals surface area contributed by atoms with Gasteiger partial charge < -0.3 is 14.5 Å². The summed E-state index contributed by atoms with van der Waals surface area (Å²) in [7, 11) is 0. The van der Waals surface area contributed by atoms with Gasteiger partial charge in [0.2, 0.25) is 11.9 Å². The molecule has 0 saturated carbocycles. The third-order valence-corrected chi connectivity index (χ3v) is 7.37. The van der Waals surface area contributed by atoms with Gasteiger partial charge in [0.25, 0.3) is 0 Å². The first kappa shape index (κ1) is 20.6. The molecule has 0 radical (unpaired) electrons. The molecule has 0 spiro atoms. The van der Waals surface area contributed by atoms with Crippen molar-refractivity contribution in [1.82, 2.24) is 14.8 Å². The molecule has 1 amide bonds. The maximum Gasteiger partial charge on any atom is 0.237 e. The van der Waals surface area contributed by atoms with Gasteiger partial charge in [-0.25, -0.2) is 0 Å². The van der Waals surface area contributed by atoms with E-state index in [9.17, 15) is 4.79 Å². The van der Waals surface area contributed by atoms with Gasteiger partial charge in [-0.1, -0.05) is 30.8 Å². The summed E-state index contributed by atoms with van der Waals surface area (Å²) < 4.78 is 7.53. The number of carbonyl (C=O) groups is 1. The van der Waals surface area contributed by atoms with Crippen LogP contribution in [0.25, 0.3) is 0 Å². The Morgan fingerprint density at radius 2 is 2.03 bits per heavy atom. The van der Waals surface area contributed by atoms with E-state index in [1.165, 1.54) is 16.7 Å². The molecule has 1 atom stereocenters. The number of anilines is 2. The molecule has 1 unspecified atom stereocenters. The second-order valence-corrected chi connectivity index (χ2v) is 9.57. The Bertz CT molecular complexity index is 853. The fourth-order valence-electron chi connectivity index (χ4n) is 3.61. The van der Waals surface area contributed by atoms with Crippen LogP contribution in [0.1, 0.15) is 20.3 Å². The highest BCUT2D eigenvalue weighted by molar-refractivity contribution is 8.00. The number of hydrogen-bond acceptors (Lipinski definition) is 7. The molecule has 9 heteroatoms. The molecule has 0 aliphatic carbocycles. The second kappa shape index (κ2) is 9.40. The lowest BCUT2D eigenvalue weighted by molar-refractivity contribution is -0.116. The highest BCUT2D eigenvalue weighted by Gasteiger charge is 2.25. The lowest BCUT2D eigenvalue weighted by Gasteiger charge is -2.27. The lowest BCUT2D eigenvalue weighted by Crippen LogP contribution is -2.38. The van der Waals surface area contributed by atoms with E-state index in [1.54, 1.807) is 0 Å². The minimum atomic E-state index is 0.121. The number of para-hydroxylation sites is 1. The summed E-state index contributed by atoms with van der Waals surface area (Å²) in [5.41, 5.74) is 1.03. The number of rotatable bonds is 5. The number of benzene rings is 1. The molecule has 1 fully saturated rings. The average molecular weight is 434 g/mol. The molecule has 2 aliphatic rings. The van der Waals surface area contributed by atoms with E-state index in [1.807, 2.05) is 34.9 Å². The Balaban J connectivity index is 1.47. The molecule has 4 rings (SSSR count). The summed E-state index contributed by atoms with van der Waals surface area (Å²) in [5, 5.41) is 10.1. The summed E-state index contributed by atoms with van der Waals surface area (Å²) >= 11 is 3.32. The van der Waals surface area contributed by atoms with Crippen LogP contribution >= 0.6 is 23.5 Å². The molecule has 7 nitrogen and oxygen atoms in total. The predicted octanol–water partition coefficient (Wildman–Crippen LogP) is 3.14. The number of morpholine rings is 1. The molecule has 1 saturated heterocycles. The zero-order chi connectivity index (χ0) is 20.2. The van der Waals surface area contributed by atoms with E-state index < -0.39 is 0 Å². The monoisotopic (exact) mass is 433 g/mol. The second-order valence-electron chi connectivity index (χ2n) is 7.15. The fourth-order valence-corrected chi connectivity index (χ4v) is 5.60. The first-order chi connectivity index (χ1) is 14.2. The summed E-state index contributed by atoms with van der Waals surface area (Å²) in [6.45, 7) is 8.90. The van der Waals surface area contributed by atoms with Crippen LogP contribution in [0.3, 0.4) is 0 Å². The van der Waals surface area contributed by atoms with Gasteiger partial charge in [-0.2, -0.15) is 0 Å². The third-order valence-electron chi connectivity index (χ3n) is 5.18. The van der Waals surface area contributed by atoms with Crippen molar-refractivity contribution in [1.29, 1.82) is 0 Å². The number of aromatic nitrogens is 3. The van der Waals surface area contributed by atoms with Crippen LogP contribution in [0.2, 0.25) is 0 Å². The summed E-state index contributed by atoms with van der Waals surface area (Å²) in [6, 6.07) is 8.20. The molecule has 3 heterocycles. The number of ether oxygens (including phenoxy) is 1. The van der Waals surface area contributed by atoms with Gasteiger partial charge in [0.05, 0.1) is 24.7 Å². The van der Waals surface area contributed by atoms with Crippen molar-refractivity contribution in [3.05, 3.63) is 24.3 Å². The van der Waals surface area contributed by atoms with Crippen molar-refractivity contribution in [2.45, 2.75) is 42.1 Å². The molecule has 1 aromatic heterocycles. The fraction of sp³-hybridized carbons (Fsp3) is 0.550.